The van der Waals surface area contributed by atoms with Crippen LogP contribution >= 0.6 is 0 Å². The van der Waals surface area contributed by atoms with Crippen molar-refractivity contribution >= 4 is 17.0 Å². The fraction of sp³-hybridized carbons (Fsp3) is 0.381. The monoisotopic (exact) mass is 368 g/mol. The van der Waals surface area contributed by atoms with E-state index in [1.807, 2.05) is 12.1 Å². The molecule has 0 unspecified atom stereocenters. The van der Waals surface area contributed by atoms with Gasteiger partial charge in [-0.3, -0.25) is 4.90 Å². The number of imidazole rings is 1. The predicted octanol–water partition coefficient (Wildman–Crippen LogP) is 2.65. The Bertz CT molecular complexity index is 914. The van der Waals surface area contributed by atoms with Crippen LogP contribution < -0.4 is 4.90 Å². The lowest BCUT2D eigenvalue weighted by atomic mass is 10.2. The van der Waals surface area contributed by atoms with Crippen LogP contribution in [0.1, 0.15) is 11.1 Å². The highest BCUT2D eigenvalue weighted by atomic mass is 19.1. The first-order chi connectivity index (χ1) is 13.2. The molecular weight excluding hydrogens is 343 g/mol. The summed E-state index contributed by atoms with van der Waals surface area (Å²) < 4.78 is 15.5. The Morgan fingerprint density at radius 3 is 2.48 bits per heavy atom. The third-order valence-corrected chi connectivity index (χ3v) is 5.29. The van der Waals surface area contributed by atoms with Crippen molar-refractivity contribution in [2.24, 2.45) is 0 Å². The molecule has 0 spiro atoms. The molecule has 3 aromatic rings. The minimum Gasteiger partial charge on any atom is -0.395 e. The van der Waals surface area contributed by atoms with E-state index in [0.717, 1.165) is 60.8 Å². The van der Waals surface area contributed by atoms with Crippen molar-refractivity contribution in [3.05, 3.63) is 59.4 Å². The number of nitrogens with zero attached hydrogens (tertiary/aromatic N) is 4. The molecule has 1 aliphatic rings. The van der Waals surface area contributed by atoms with E-state index in [4.69, 9.17) is 10.1 Å². The number of rotatable bonds is 5. The number of para-hydroxylation sites is 1. The van der Waals surface area contributed by atoms with Crippen LogP contribution in [-0.2, 0) is 6.54 Å². The zero-order chi connectivity index (χ0) is 18.8. The molecule has 0 atom stereocenters. The van der Waals surface area contributed by atoms with Crippen LogP contribution in [0, 0.1) is 12.7 Å². The Hall–Kier alpha value is -2.44. The maximum atomic E-state index is 13.3. The molecule has 1 aromatic heterocycles. The van der Waals surface area contributed by atoms with Crippen LogP contribution in [0.4, 0.5) is 10.3 Å². The summed E-state index contributed by atoms with van der Waals surface area (Å²) in [7, 11) is 0. The van der Waals surface area contributed by atoms with E-state index in [0.29, 0.717) is 6.54 Å². The molecule has 5 nitrogen and oxygen atoms in total. The molecule has 6 heteroatoms. The summed E-state index contributed by atoms with van der Waals surface area (Å²) in [6.07, 6.45) is 0. The molecule has 2 aromatic carbocycles. The largest absolute Gasteiger partial charge is 0.395 e. The van der Waals surface area contributed by atoms with E-state index in [2.05, 4.69) is 39.5 Å². The molecular formula is C21H25FN4O. The van der Waals surface area contributed by atoms with Crippen molar-refractivity contribution in [3.8, 4) is 0 Å². The normalized spacial score (nSPS) is 15.6. The third kappa shape index (κ3) is 3.68. The van der Waals surface area contributed by atoms with Crippen LogP contribution in [0.2, 0.25) is 0 Å². The Labute approximate surface area is 158 Å². The van der Waals surface area contributed by atoms with Gasteiger partial charge in [0.1, 0.15) is 5.82 Å². The maximum Gasteiger partial charge on any atom is 0.206 e. The number of aromatic nitrogens is 2. The number of hydrogen-bond acceptors (Lipinski definition) is 4. The topological polar surface area (TPSA) is 44.5 Å². The van der Waals surface area contributed by atoms with Gasteiger partial charge in [0.2, 0.25) is 5.95 Å². The van der Waals surface area contributed by atoms with Gasteiger partial charge in [0.15, 0.2) is 0 Å². The van der Waals surface area contributed by atoms with Gasteiger partial charge in [-0.25, -0.2) is 9.37 Å². The minimum absolute atomic E-state index is 0.197. The molecule has 0 amide bonds. The van der Waals surface area contributed by atoms with Gasteiger partial charge in [0.05, 0.1) is 24.2 Å². The lowest BCUT2D eigenvalue weighted by Crippen LogP contribution is -2.48. The molecule has 0 aliphatic carbocycles. The Morgan fingerprint density at radius 2 is 1.78 bits per heavy atom. The molecule has 4 rings (SSSR count). The van der Waals surface area contributed by atoms with Crippen molar-refractivity contribution in [1.29, 1.82) is 0 Å². The number of β-amino-alcohol motifs (C(OH)–C–C–N with tert-alkyl or cyclic N) is 1. The second-order valence-electron chi connectivity index (χ2n) is 7.12. The molecule has 1 saturated heterocycles. The Morgan fingerprint density at radius 1 is 1.04 bits per heavy atom. The van der Waals surface area contributed by atoms with Crippen LogP contribution in [0.15, 0.2) is 42.5 Å². The van der Waals surface area contributed by atoms with Gasteiger partial charge >= 0.3 is 0 Å². The van der Waals surface area contributed by atoms with E-state index in [1.54, 1.807) is 0 Å². The summed E-state index contributed by atoms with van der Waals surface area (Å²) in [5.41, 5.74) is 4.34. The molecule has 2 heterocycles. The number of hydrogen-bond donors (Lipinski definition) is 1. The molecule has 27 heavy (non-hydrogen) atoms. The fourth-order valence-corrected chi connectivity index (χ4v) is 3.76. The molecule has 1 fully saturated rings. The predicted molar refractivity (Wildman–Crippen MR) is 106 cm³/mol. The lowest BCUT2D eigenvalue weighted by Gasteiger charge is -2.35. The summed E-state index contributed by atoms with van der Waals surface area (Å²) in [4.78, 5) is 9.56. The minimum atomic E-state index is -0.217. The number of fused-ring (bicyclic) bond motifs is 1. The number of halogens is 1. The standard InChI is InChI=1S/C21H25FN4O/c1-16-3-2-4-19-20(16)23-21(25-11-9-24(10-12-25)13-14-27)26(19)15-17-5-7-18(22)8-6-17/h2-8,27H,9-15H2,1H3. The van der Waals surface area contributed by atoms with Crippen molar-refractivity contribution in [2.45, 2.75) is 13.5 Å². The van der Waals surface area contributed by atoms with E-state index in [-0.39, 0.29) is 12.4 Å². The zero-order valence-electron chi connectivity index (χ0n) is 15.6. The lowest BCUT2D eigenvalue weighted by molar-refractivity contribution is 0.188. The Balaban J connectivity index is 1.69. The summed E-state index contributed by atoms with van der Waals surface area (Å²) in [5.74, 6) is 0.748. The van der Waals surface area contributed by atoms with Crippen molar-refractivity contribution in [1.82, 2.24) is 14.5 Å². The highest BCUT2D eigenvalue weighted by Crippen LogP contribution is 2.27. The number of aliphatic hydroxyl groups excluding tert-OH is 1. The van der Waals surface area contributed by atoms with E-state index in [1.165, 1.54) is 12.1 Å². The van der Waals surface area contributed by atoms with Gasteiger partial charge in [-0.2, -0.15) is 0 Å². The summed E-state index contributed by atoms with van der Waals surface area (Å²) in [5, 5.41) is 9.16. The van der Waals surface area contributed by atoms with E-state index in [9.17, 15) is 4.39 Å². The van der Waals surface area contributed by atoms with Gasteiger partial charge < -0.3 is 14.6 Å². The first-order valence-corrected chi connectivity index (χ1v) is 9.44. The quantitative estimate of drug-likeness (QED) is 0.752. The maximum absolute atomic E-state index is 13.3. The van der Waals surface area contributed by atoms with Crippen LogP contribution in [-0.4, -0.2) is 58.9 Å². The number of piperazine rings is 1. The van der Waals surface area contributed by atoms with Crippen molar-refractivity contribution < 1.29 is 9.50 Å². The average Bonchev–Trinajstić information content (AvgIpc) is 3.04. The van der Waals surface area contributed by atoms with Gasteiger partial charge in [-0.05, 0) is 36.2 Å². The summed E-state index contributed by atoms with van der Waals surface area (Å²) >= 11 is 0. The van der Waals surface area contributed by atoms with Crippen LogP contribution in [0.3, 0.4) is 0 Å². The molecule has 0 radical (unpaired) electrons. The molecule has 1 N–H and O–H groups in total. The second-order valence-corrected chi connectivity index (χ2v) is 7.12. The first-order valence-electron chi connectivity index (χ1n) is 9.44. The summed E-state index contributed by atoms with van der Waals surface area (Å²) in [6, 6.07) is 12.9. The number of aliphatic hydroxyl groups is 1. The molecule has 0 saturated carbocycles. The molecule has 1 aliphatic heterocycles. The second kappa shape index (κ2) is 7.66. The molecule has 0 bridgehead atoms. The average molecular weight is 368 g/mol. The highest BCUT2D eigenvalue weighted by molar-refractivity contribution is 5.82. The van der Waals surface area contributed by atoms with E-state index >= 15 is 0 Å². The molecule has 142 valence electrons. The number of benzene rings is 2. The Kier molecular flexibility index (Phi) is 5.09. The van der Waals surface area contributed by atoms with E-state index < -0.39 is 0 Å². The number of aryl methyl sites for hydroxylation is 1. The van der Waals surface area contributed by atoms with Crippen molar-refractivity contribution in [2.75, 3.05) is 44.2 Å². The van der Waals surface area contributed by atoms with Gasteiger partial charge in [-0.15, -0.1) is 0 Å². The fourth-order valence-electron chi connectivity index (χ4n) is 3.76. The van der Waals surface area contributed by atoms with Gasteiger partial charge in [0, 0.05) is 32.7 Å². The zero-order valence-corrected chi connectivity index (χ0v) is 15.6. The highest BCUT2D eigenvalue weighted by Gasteiger charge is 2.22. The van der Waals surface area contributed by atoms with Gasteiger partial charge in [-0.1, -0.05) is 24.3 Å². The summed E-state index contributed by atoms with van der Waals surface area (Å²) in [6.45, 7) is 7.25. The first kappa shape index (κ1) is 17.9. The smallest absolute Gasteiger partial charge is 0.206 e. The SMILES string of the molecule is Cc1cccc2c1nc(N1CCN(CCO)CC1)n2Cc1ccc(F)cc1. The number of anilines is 1. The van der Waals surface area contributed by atoms with Crippen LogP contribution in [0.5, 0.6) is 0 Å². The van der Waals surface area contributed by atoms with Gasteiger partial charge in [0.25, 0.3) is 0 Å². The van der Waals surface area contributed by atoms with Crippen LogP contribution in [0.25, 0.3) is 11.0 Å². The van der Waals surface area contributed by atoms with Crippen molar-refractivity contribution in [3.63, 3.8) is 0 Å². The third-order valence-electron chi connectivity index (χ3n) is 5.29.